The van der Waals surface area contributed by atoms with Gasteiger partial charge in [0, 0.05) is 34.1 Å². The second kappa shape index (κ2) is 8.53. The topological polar surface area (TPSA) is 89.3 Å². The van der Waals surface area contributed by atoms with Gasteiger partial charge in [0.25, 0.3) is 0 Å². The smallest absolute Gasteiger partial charge is 0.333 e. The molecule has 0 radical (unpaired) electrons. The Morgan fingerprint density at radius 3 is 2.70 bits per heavy atom. The van der Waals surface area contributed by atoms with E-state index in [1.807, 2.05) is 49.4 Å². The summed E-state index contributed by atoms with van der Waals surface area (Å²) in [6.07, 6.45) is 1.69. The van der Waals surface area contributed by atoms with Crippen molar-refractivity contribution < 1.29 is 9.53 Å². The molecule has 0 atom stereocenters. The van der Waals surface area contributed by atoms with Crippen LogP contribution < -0.4 is 21.3 Å². The summed E-state index contributed by atoms with van der Waals surface area (Å²) in [5, 5.41) is 3.37. The molecule has 0 aliphatic heterocycles. The van der Waals surface area contributed by atoms with E-state index in [0.717, 1.165) is 22.4 Å². The summed E-state index contributed by atoms with van der Waals surface area (Å²) in [7, 11) is 0. The molecule has 27 heavy (non-hydrogen) atoms. The summed E-state index contributed by atoms with van der Waals surface area (Å²) in [5.41, 5.74) is 6.30. The highest BCUT2D eigenvalue weighted by Crippen LogP contribution is 2.25. The number of carbonyl (C=O) groups excluding carboxylic acids is 1. The van der Waals surface area contributed by atoms with Crippen LogP contribution in [-0.4, -0.2) is 11.0 Å². The minimum Gasteiger partial charge on any atom is -0.489 e. The third kappa shape index (κ3) is 4.75. The fourth-order valence-electron chi connectivity index (χ4n) is 2.60. The normalized spacial score (nSPS) is 10.3. The van der Waals surface area contributed by atoms with Crippen LogP contribution in [0.1, 0.15) is 11.1 Å². The lowest BCUT2D eigenvalue weighted by Crippen LogP contribution is -2.34. The summed E-state index contributed by atoms with van der Waals surface area (Å²) in [6.45, 7) is 2.24. The van der Waals surface area contributed by atoms with Gasteiger partial charge in [-0.25, -0.2) is 10.6 Å². The fraction of sp³-hybridized carbons (Fsp3) is 0.100. The minimum atomic E-state index is -0.490. The zero-order valence-electron chi connectivity index (χ0n) is 14.7. The zero-order valence-corrected chi connectivity index (χ0v) is 15.5. The van der Waals surface area contributed by atoms with E-state index in [2.05, 4.69) is 15.7 Å². The van der Waals surface area contributed by atoms with Crippen molar-refractivity contribution in [2.24, 2.45) is 5.84 Å². The number of benzene rings is 2. The van der Waals surface area contributed by atoms with Gasteiger partial charge in [0.1, 0.15) is 12.4 Å². The van der Waals surface area contributed by atoms with E-state index in [1.165, 1.54) is 0 Å². The highest BCUT2D eigenvalue weighted by molar-refractivity contribution is 6.30. The molecule has 4 N–H and O–H groups in total. The molecule has 0 fully saturated rings. The summed E-state index contributed by atoms with van der Waals surface area (Å²) in [4.78, 5) is 15.9. The first kappa shape index (κ1) is 18.7. The van der Waals surface area contributed by atoms with E-state index in [-0.39, 0.29) is 6.61 Å². The largest absolute Gasteiger partial charge is 0.489 e. The standard InChI is InChI=1S/C20H19ClN4O2/c1-13-3-2-4-18(24-20(26)25-22)17(13)12-27-16-9-10-23-19(11-16)14-5-7-15(21)8-6-14/h2-11H,12,22H2,1H3,(H2,24,25,26). The quantitative estimate of drug-likeness (QED) is 0.349. The lowest BCUT2D eigenvalue weighted by atomic mass is 10.1. The number of aryl methyl sites for hydroxylation is 1. The maximum Gasteiger partial charge on any atom is 0.333 e. The molecule has 0 aliphatic carbocycles. The Hall–Kier alpha value is -3.09. The van der Waals surface area contributed by atoms with Crippen LogP contribution in [0.25, 0.3) is 11.3 Å². The van der Waals surface area contributed by atoms with Gasteiger partial charge in [0.05, 0.1) is 5.69 Å². The number of urea groups is 1. The number of rotatable bonds is 5. The Bertz CT molecular complexity index is 945. The number of hydrazine groups is 1. The highest BCUT2D eigenvalue weighted by Gasteiger charge is 2.10. The summed E-state index contributed by atoms with van der Waals surface area (Å²) in [5.74, 6) is 5.82. The number of nitrogens with zero attached hydrogens (tertiary/aromatic N) is 1. The number of anilines is 1. The Morgan fingerprint density at radius 1 is 1.19 bits per heavy atom. The van der Waals surface area contributed by atoms with Crippen molar-refractivity contribution in [3.05, 3.63) is 76.9 Å². The second-order valence-electron chi connectivity index (χ2n) is 5.87. The van der Waals surface area contributed by atoms with Crippen molar-refractivity contribution in [3.8, 4) is 17.0 Å². The van der Waals surface area contributed by atoms with Crippen molar-refractivity contribution in [2.75, 3.05) is 5.32 Å². The van der Waals surface area contributed by atoms with Crippen LogP contribution in [0.3, 0.4) is 0 Å². The Labute approximate surface area is 162 Å². The van der Waals surface area contributed by atoms with E-state index in [0.29, 0.717) is 16.5 Å². The van der Waals surface area contributed by atoms with Crippen LogP contribution in [0.15, 0.2) is 60.8 Å². The Balaban J connectivity index is 1.78. The monoisotopic (exact) mass is 382 g/mol. The lowest BCUT2D eigenvalue weighted by Gasteiger charge is -2.15. The molecule has 138 valence electrons. The van der Waals surface area contributed by atoms with Crippen LogP contribution >= 0.6 is 11.6 Å². The first-order valence-corrected chi connectivity index (χ1v) is 8.65. The van der Waals surface area contributed by atoms with Crippen LogP contribution in [0, 0.1) is 6.92 Å². The van der Waals surface area contributed by atoms with Gasteiger partial charge in [0.15, 0.2) is 0 Å². The third-order valence-corrected chi connectivity index (χ3v) is 4.30. The molecule has 1 aromatic heterocycles. The van der Waals surface area contributed by atoms with Gasteiger partial charge >= 0.3 is 6.03 Å². The number of amides is 2. The van der Waals surface area contributed by atoms with Crippen molar-refractivity contribution in [1.82, 2.24) is 10.4 Å². The summed E-state index contributed by atoms with van der Waals surface area (Å²) in [6, 6.07) is 16.2. The number of carbonyl (C=O) groups is 1. The highest BCUT2D eigenvalue weighted by atomic mass is 35.5. The van der Waals surface area contributed by atoms with Crippen molar-refractivity contribution >= 4 is 23.3 Å². The maximum absolute atomic E-state index is 11.5. The molecular weight excluding hydrogens is 364 g/mol. The number of nitrogens with two attached hydrogens (primary N) is 1. The van der Waals surface area contributed by atoms with Gasteiger partial charge in [-0.2, -0.15) is 0 Å². The van der Waals surface area contributed by atoms with Gasteiger partial charge in [0.2, 0.25) is 0 Å². The molecule has 0 saturated carbocycles. The summed E-state index contributed by atoms with van der Waals surface area (Å²) < 4.78 is 5.95. The van der Waals surface area contributed by atoms with Gasteiger partial charge in [-0.15, -0.1) is 0 Å². The Kier molecular flexibility index (Phi) is 5.90. The summed E-state index contributed by atoms with van der Waals surface area (Å²) >= 11 is 5.94. The molecule has 2 aromatic carbocycles. The number of nitrogens with one attached hydrogen (secondary N) is 2. The number of hydrogen-bond donors (Lipinski definition) is 3. The molecular formula is C20H19ClN4O2. The first-order valence-electron chi connectivity index (χ1n) is 8.27. The molecule has 1 heterocycles. The van der Waals surface area contributed by atoms with Gasteiger partial charge < -0.3 is 10.1 Å². The van der Waals surface area contributed by atoms with Crippen molar-refractivity contribution in [3.63, 3.8) is 0 Å². The predicted octanol–water partition coefficient (Wildman–Crippen LogP) is 4.28. The van der Waals surface area contributed by atoms with Crippen LogP contribution in [0.5, 0.6) is 5.75 Å². The Morgan fingerprint density at radius 2 is 1.96 bits per heavy atom. The molecule has 0 unspecified atom stereocenters. The van der Waals surface area contributed by atoms with Gasteiger partial charge in [-0.05, 0) is 36.8 Å². The molecule has 2 amide bonds. The first-order chi connectivity index (χ1) is 13.1. The van der Waals surface area contributed by atoms with Crippen LogP contribution in [0.4, 0.5) is 10.5 Å². The second-order valence-corrected chi connectivity index (χ2v) is 6.31. The van der Waals surface area contributed by atoms with E-state index in [4.69, 9.17) is 22.2 Å². The van der Waals surface area contributed by atoms with E-state index in [9.17, 15) is 4.79 Å². The molecule has 6 nitrogen and oxygen atoms in total. The van der Waals surface area contributed by atoms with Crippen molar-refractivity contribution in [1.29, 1.82) is 0 Å². The molecule has 0 saturated heterocycles. The number of pyridine rings is 1. The van der Waals surface area contributed by atoms with E-state index < -0.39 is 6.03 Å². The molecule has 3 rings (SSSR count). The van der Waals surface area contributed by atoms with Gasteiger partial charge in [-0.1, -0.05) is 35.9 Å². The predicted molar refractivity (Wildman–Crippen MR) is 107 cm³/mol. The van der Waals surface area contributed by atoms with Crippen LogP contribution in [-0.2, 0) is 6.61 Å². The molecule has 3 aromatic rings. The van der Waals surface area contributed by atoms with Crippen molar-refractivity contribution in [2.45, 2.75) is 13.5 Å². The zero-order chi connectivity index (χ0) is 19.2. The average molecular weight is 383 g/mol. The number of hydrogen-bond acceptors (Lipinski definition) is 4. The average Bonchev–Trinajstić information content (AvgIpc) is 2.68. The molecule has 0 spiro atoms. The van der Waals surface area contributed by atoms with E-state index >= 15 is 0 Å². The maximum atomic E-state index is 11.5. The third-order valence-electron chi connectivity index (χ3n) is 4.04. The lowest BCUT2D eigenvalue weighted by molar-refractivity contribution is 0.252. The SMILES string of the molecule is Cc1cccc(NC(=O)NN)c1COc1ccnc(-c2ccc(Cl)cc2)c1. The number of ether oxygens (including phenoxy) is 1. The van der Waals surface area contributed by atoms with E-state index in [1.54, 1.807) is 18.3 Å². The number of halogens is 1. The molecule has 7 heteroatoms. The van der Waals surface area contributed by atoms with Gasteiger partial charge in [-0.3, -0.25) is 10.4 Å². The minimum absolute atomic E-state index is 0.289. The fourth-order valence-corrected chi connectivity index (χ4v) is 2.73. The molecule has 0 bridgehead atoms. The number of aromatic nitrogens is 1. The molecule has 0 aliphatic rings. The van der Waals surface area contributed by atoms with Crippen LogP contribution in [0.2, 0.25) is 5.02 Å².